The van der Waals surface area contributed by atoms with Gasteiger partial charge >= 0.3 is 0 Å². The maximum atomic E-state index is 5.98. The van der Waals surface area contributed by atoms with E-state index in [0.29, 0.717) is 17.6 Å². The van der Waals surface area contributed by atoms with E-state index < -0.39 is 0 Å². The Bertz CT molecular complexity index is 959. The third kappa shape index (κ3) is 7.13. The van der Waals surface area contributed by atoms with E-state index in [4.69, 9.17) is 21.1 Å². The quantitative estimate of drug-likeness (QED) is 0.221. The fourth-order valence-corrected chi connectivity index (χ4v) is 2.60. The number of nitrogens with one attached hydrogen (secondary N) is 2. The molecule has 2 N–H and O–H groups in total. The van der Waals surface area contributed by atoms with Gasteiger partial charge < -0.3 is 20.1 Å². The van der Waals surface area contributed by atoms with E-state index in [9.17, 15) is 0 Å². The zero-order chi connectivity index (χ0) is 20.5. The Morgan fingerprint density at radius 3 is 1.93 bits per heavy atom. The van der Waals surface area contributed by atoms with Crippen molar-refractivity contribution in [3.8, 4) is 11.5 Å². The first kappa shape index (κ1) is 23.3. The van der Waals surface area contributed by atoms with Crippen LogP contribution in [0, 0.1) is 0 Å². The molecule has 0 spiro atoms. The number of halogens is 2. The van der Waals surface area contributed by atoms with Gasteiger partial charge in [-0.2, -0.15) is 0 Å². The molecule has 3 aromatic carbocycles. The molecule has 0 heterocycles. The van der Waals surface area contributed by atoms with Crippen LogP contribution in [-0.4, -0.2) is 19.7 Å². The molecule has 0 aromatic heterocycles. The van der Waals surface area contributed by atoms with Crippen molar-refractivity contribution in [1.82, 2.24) is 0 Å². The molecule has 0 radical (unpaired) electrons. The molecule has 3 aromatic rings. The SMILES string of the molecule is Br.C=CCOc1ccc(NC(=Nc2ccc(Cl)cc2)Nc2ccc(OC)cc2)cc1. The number of nitrogens with zero attached hydrogens (tertiary/aromatic N) is 1. The van der Waals surface area contributed by atoms with Gasteiger partial charge in [0, 0.05) is 16.4 Å². The van der Waals surface area contributed by atoms with Crippen molar-refractivity contribution in [3.63, 3.8) is 0 Å². The third-order valence-corrected chi connectivity index (χ3v) is 4.16. The number of hydrogen-bond donors (Lipinski definition) is 2. The molecule has 30 heavy (non-hydrogen) atoms. The third-order valence-electron chi connectivity index (χ3n) is 3.91. The van der Waals surface area contributed by atoms with Gasteiger partial charge in [-0.15, -0.1) is 17.0 Å². The van der Waals surface area contributed by atoms with E-state index in [0.717, 1.165) is 28.6 Å². The van der Waals surface area contributed by atoms with Crippen molar-refractivity contribution in [1.29, 1.82) is 0 Å². The van der Waals surface area contributed by atoms with Crippen LogP contribution in [0.1, 0.15) is 0 Å². The van der Waals surface area contributed by atoms with Crippen molar-refractivity contribution < 1.29 is 9.47 Å². The zero-order valence-electron chi connectivity index (χ0n) is 16.5. The van der Waals surface area contributed by atoms with Crippen molar-refractivity contribution >= 4 is 51.6 Å². The van der Waals surface area contributed by atoms with Crippen LogP contribution >= 0.6 is 28.6 Å². The number of ether oxygens (including phenoxy) is 2. The van der Waals surface area contributed by atoms with E-state index in [2.05, 4.69) is 22.2 Å². The van der Waals surface area contributed by atoms with Crippen molar-refractivity contribution in [2.45, 2.75) is 0 Å². The van der Waals surface area contributed by atoms with Gasteiger partial charge in [-0.3, -0.25) is 0 Å². The number of rotatable bonds is 7. The highest BCUT2D eigenvalue weighted by Gasteiger charge is 2.04. The molecule has 0 fully saturated rings. The minimum Gasteiger partial charge on any atom is -0.497 e. The highest BCUT2D eigenvalue weighted by atomic mass is 79.9. The smallest absolute Gasteiger partial charge is 0.205 e. The van der Waals surface area contributed by atoms with Gasteiger partial charge in [0.15, 0.2) is 0 Å². The van der Waals surface area contributed by atoms with Crippen LogP contribution in [0.4, 0.5) is 17.1 Å². The van der Waals surface area contributed by atoms with Crippen LogP contribution in [0.25, 0.3) is 0 Å². The monoisotopic (exact) mass is 487 g/mol. The highest BCUT2D eigenvalue weighted by Crippen LogP contribution is 2.20. The molecular weight excluding hydrogens is 466 g/mol. The van der Waals surface area contributed by atoms with E-state index in [1.54, 1.807) is 25.3 Å². The maximum absolute atomic E-state index is 5.98. The molecule has 0 aliphatic carbocycles. The van der Waals surface area contributed by atoms with Crippen LogP contribution in [0.15, 0.2) is 90.4 Å². The summed E-state index contributed by atoms with van der Waals surface area (Å²) in [6, 6.07) is 22.5. The second kappa shape index (κ2) is 11.9. The molecule has 0 amide bonds. The summed E-state index contributed by atoms with van der Waals surface area (Å²) in [6.07, 6.45) is 1.71. The maximum Gasteiger partial charge on any atom is 0.205 e. The molecular formula is C23H23BrClN3O2. The van der Waals surface area contributed by atoms with Crippen molar-refractivity contribution in [2.24, 2.45) is 4.99 Å². The van der Waals surface area contributed by atoms with E-state index in [1.165, 1.54) is 0 Å². The molecule has 7 heteroatoms. The van der Waals surface area contributed by atoms with E-state index in [1.807, 2.05) is 60.7 Å². The summed E-state index contributed by atoms with van der Waals surface area (Å²) in [6.45, 7) is 4.12. The molecule has 0 saturated carbocycles. The predicted molar refractivity (Wildman–Crippen MR) is 131 cm³/mol. The first-order valence-corrected chi connectivity index (χ1v) is 9.40. The topological polar surface area (TPSA) is 54.9 Å². The molecule has 0 saturated heterocycles. The van der Waals surface area contributed by atoms with E-state index >= 15 is 0 Å². The van der Waals surface area contributed by atoms with Gasteiger partial charge in [0.1, 0.15) is 18.1 Å². The first-order chi connectivity index (χ1) is 14.2. The van der Waals surface area contributed by atoms with Crippen LogP contribution in [0.3, 0.4) is 0 Å². The Hall–Kier alpha value is -2.96. The van der Waals surface area contributed by atoms with Gasteiger partial charge in [0.2, 0.25) is 5.96 Å². The summed E-state index contributed by atoms with van der Waals surface area (Å²) in [7, 11) is 1.64. The normalized spacial score (nSPS) is 10.5. The van der Waals surface area contributed by atoms with Gasteiger partial charge in [0.05, 0.1) is 12.8 Å². The molecule has 0 aliphatic rings. The lowest BCUT2D eigenvalue weighted by Crippen LogP contribution is -2.21. The zero-order valence-corrected chi connectivity index (χ0v) is 18.9. The average Bonchev–Trinajstić information content (AvgIpc) is 2.75. The molecule has 0 bridgehead atoms. The molecule has 156 valence electrons. The Kier molecular flexibility index (Phi) is 9.25. The second-order valence-electron chi connectivity index (χ2n) is 6.04. The number of methoxy groups -OCH3 is 1. The molecule has 0 unspecified atom stereocenters. The van der Waals surface area contributed by atoms with Crippen LogP contribution < -0.4 is 20.1 Å². The number of benzene rings is 3. The van der Waals surface area contributed by atoms with Crippen molar-refractivity contribution in [2.75, 3.05) is 24.4 Å². The highest BCUT2D eigenvalue weighted by molar-refractivity contribution is 8.93. The summed E-state index contributed by atoms with van der Waals surface area (Å²) in [5.74, 6) is 2.13. The van der Waals surface area contributed by atoms with Gasteiger partial charge in [-0.25, -0.2) is 4.99 Å². The number of anilines is 2. The predicted octanol–water partition coefficient (Wildman–Crippen LogP) is 6.70. The number of hydrogen-bond acceptors (Lipinski definition) is 3. The van der Waals surface area contributed by atoms with Crippen molar-refractivity contribution in [3.05, 3.63) is 90.5 Å². The lowest BCUT2D eigenvalue weighted by Gasteiger charge is -2.14. The fraction of sp³-hybridized carbons (Fsp3) is 0.0870. The first-order valence-electron chi connectivity index (χ1n) is 9.02. The molecule has 5 nitrogen and oxygen atoms in total. The second-order valence-corrected chi connectivity index (χ2v) is 6.48. The Morgan fingerprint density at radius 2 is 1.43 bits per heavy atom. The summed E-state index contributed by atoms with van der Waals surface area (Å²) in [5.41, 5.74) is 2.51. The van der Waals surface area contributed by atoms with Gasteiger partial charge in [-0.05, 0) is 72.8 Å². The average molecular weight is 489 g/mol. The molecule has 3 rings (SSSR count). The van der Waals surface area contributed by atoms with E-state index in [-0.39, 0.29) is 17.0 Å². The minimum atomic E-state index is 0. The fourth-order valence-electron chi connectivity index (χ4n) is 2.47. The van der Waals surface area contributed by atoms with Gasteiger partial charge in [-0.1, -0.05) is 24.3 Å². The lowest BCUT2D eigenvalue weighted by atomic mass is 10.3. The minimum absolute atomic E-state index is 0. The van der Waals surface area contributed by atoms with Gasteiger partial charge in [0.25, 0.3) is 0 Å². The van der Waals surface area contributed by atoms with Crippen LogP contribution in [0.2, 0.25) is 5.02 Å². The standard InChI is InChI=1S/C23H22ClN3O2.BrH/c1-3-16-29-22-14-10-20(11-15-22)27-23(25-18-6-4-17(24)5-7-18)26-19-8-12-21(28-2)13-9-19;/h3-15H,1,16H2,2H3,(H2,25,26,27);1H. The lowest BCUT2D eigenvalue weighted by molar-refractivity contribution is 0.363. The number of guanidine groups is 1. The summed E-state index contributed by atoms with van der Waals surface area (Å²) in [5, 5.41) is 7.26. The van der Waals surface area contributed by atoms with Crippen LogP contribution in [0.5, 0.6) is 11.5 Å². The summed E-state index contributed by atoms with van der Waals surface area (Å²) in [4.78, 5) is 4.66. The Morgan fingerprint density at radius 1 is 0.900 bits per heavy atom. The number of aliphatic imine (C=N–C) groups is 1. The summed E-state index contributed by atoms with van der Waals surface area (Å²) < 4.78 is 10.7. The Balaban J connectivity index is 0.00000320. The molecule has 0 aliphatic heterocycles. The Labute approximate surface area is 192 Å². The largest absolute Gasteiger partial charge is 0.497 e. The molecule has 0 atom stereocenters. The summed E-state index contributed by atoms with van der Waals surface area (Å²) >= 11 is 5.98. The van der Waals surface area contributed by atoms with Crippen LogP contribution in [-0.2, 0) is 0 Å².